The SMILES string of the molecule is CCCCCC(=O)CCCCC(C)(C)CC. The minimum atomic E-state index is 0.464. The molecule has 0 saturated heterocycles. The first-order valence-corrected chi connectivity index (χ1v) is 7.03. The molecule has 1 heteroatoms. The number of carbonyl (C=O) groups excluding carboxylic acids is 1. The van der Waals surface area contributed by atoms with Crippen LogP contribution >= 0.6 is 0 Å². The van der Waals surface area contributed by atoms with Gasteiger partial charge in [-0.05, 0) is 24.7 Å². The van der Waals surface area contributed by atoms with Gasteiger partial charge in [0.25, 0.3) is 0 Å². The Balaban J connectivity index is 3.41. The molecule has 1 nitrogen and oxygen atoms in total. The Kier molecular flexibility index (Phi) is 8.60. The quantitative estimate of drug-likeness (QED) is 0.472. The lowest BCUT2D eigenvalue weighted by Crippen LogP contribution is -2.09. The van der Waals surface area contributed by atoms with Crippen molar-refractivity contribution in [2.24, 2.45) is 5.41 Å². The molecule has 0 aliphatic carbocycles. The Morgan fingerprint density at radius 2 is 1.50 bits per heavy atom. The molecule has 0 heterocycles. The zero-order valence-corrected chi connectivity index (χ0v) is 11.8. The van der Waals surface area contributed by atoms with E-state index in [2.05, 4.69) is 27.7 Å². The van der Waals surface area contributed by atoms with Crippen LogP contribution in [0.15, 0.2) is 0 Å². The molecule has 0 spiro atoms. The van der Waals surface area contributed by atoms with Crippen molar-refractivity contribution in [2.75, 3.05) is 0 Å². The van der Waals surface area contributed by atoms with E-state index < -0.39 is 0 Å². The number of hydrogen-bond acceptors (Lipinski definition) is 1. The summed E-state index contributed by atoms with van der Waals surface area (Å²) in [6, 6.07) is 0. The maximum Gasteiger partial charge on any atom is 0.132 e. The van der Waals surface area contributed by atoms with E-state index in [0.717, 1.165) is 25.7 Å². The summed E-state index contributed by atoms with van der Waals surface area (Å²) in [4.78, 5) is 11.5. The number of Topliss-reactive ketones (excluding diaryl/α,β-unsaturated/α-hetero) is 1. The van der Waals surface area contributed by atoms with Crippen molar-refractivity contribution in [3.63, 3.8) is 0 Å². The van der Waals surface area contributed by atoms with Gasteiger partial charge in [-0.2, -0.15) is 0 Å². The van der Waals surface area contributed by atoms with Gasteiger partial charge in [0.1, 0.15) is 5.78 Å². The van der Waals surface area contributed by atoms with E-state index in [1.54, 1.807) is 0 Å². The van der Waals surface area contributed by atoms with Crippen LogP contribution in [0.5, 0.6) is 0 Å². The van der Waals surface area contributed by atoms with E-state index >= 15 is 0 Å². The Bertz CT molecular complexity index is 182. The average Bonchev–Trinajstić information content (AvgIpc) is 2.25. The van der Waals surface area contributed by atoms with Gasteiger partial charge in [-0.1, -0.05) is 53.4 Å². The molecule has 0 atom stereocenters. The summed E-state index contributed by atoms with van der Waals surface area (Å²) in [6.07, 6.45) is 9.91. The first-order valence-electron chi connectivity index (χ1n) is 7.03. The molecule has 16 heavy (non-hydrogen) atoms. The topological polar surface area (TPSA) is 17.1 Å². The molecule has 0 N–H and O–H groups in total. The van der Waals surface area contributed by atoms with Gasteiger partial charge in [0.05, 0.1) is 0 Å². The van der Waals surface area contributed by atoms with Gasteiger partial charge in [-0.3, -0.25) is 4.79 Å². The highest BCUT2D eigenvalue weighted by Gasteiger charge is 2.14. The van der Waals surface area contributed by atoms with Crippen LogP contribution in [0.1, 0.15) is 85.5 Å². The monoisotopic (exact) mass is 226 g/mol. The van der Waals surface area contributed by atoms with Gasteiger partial charge in [-0.15, -0.1) is 0 Å². The van der Waals surface area contributed by atoms with Crippen molar-refractivity contribution in [1.82, 2.24) is 0 Å². The highest BCUT2D eigenvalue weighted by molar-refractivity contribution is 5.78. The van der Waals surface area contributed by atoms with Gasteiger partial charge in [-0.25, -0.2) is 0 Å². The number of ketones is 1. The fourth-order valence-electron chi connectivity index (χ4n) is 1.80. The molecule has 0 amide bonds. The van der Waals surface area contributed by atoms with Crippen LogP contribution in [0.3, 0.4) is 0 Å². The molecule has 0 aromatic rings. The third-order valence-electron chi connectivity index (χ3n) is 3.58. The summed E-state index contributed by atoms with van der Waals surface area (Å²) in [5.41, 5.74) is 0.464. The molecular weight excluding hydrogens is 196 g/mol. The standard InChI is InChI=1S/C15H30O/c1-5-7-8-11-14(16)12-9-10-13-15(3,4)6-2/h5-13H2,1-4H3. The highest BCUT2D eigenvalue weighted by atomic mass is 16.1. The zero-order valence-electron chi connectivity index (χ0n) is 11.8. The van der Waals surface area contributed by atoms with Crippen molar-refractivity contribution < 1.29 is 4.79 Å². The predicted molar refractivity (Wildman–Crippen MR) is 71.7 cm³/mol. The third-order valence-corrected chi connectivity index (χ3v) is 3.58. The summed E-state index contributed by atoms with van der Waals surface area (Å²) >= 11 is 0. The van der Waals surface area contributed by atoms with Gasteiger partial charge in [0.2, 0.25) is 0 Å². The number of unbranched alkanes of at least 4 members (excludes halogenated alkanes) is 3. The first kappa shape index (κ1) is 15.7. The number of rotatable bonds is 10. The normalized spacial score (nSPS) is 11.8. The maximum atomic E-state index is 11.5. The Hall–Kier alpha value is -0.330. The van der Waals surface area contributed by atoms with E-state index in [-0.39, 0.29) is 0 Å². The Labute approximate surface area is 102 Å². The van der Waals surface area contributed by atoms with Crippen molar-refractivity contribution in [3.8, 4) is 0 Å². The molecule has 0 fully saturated rings. The second kappa shape index (κ2) is 8.78. The van der Waals surface area contributed by atoms with E-state index in [4.69, 9.17) is 0 Å². The molecule has 0 aliphatic heterocycles. The van der Waals surface area contributed by atoms with E-state index in [1.807, 2.05) is 0 Å². The first-order chi connectivity index (χ1) is 7.52. The van der Waals surface area contributed by atoms with Crippen LogP contribution in [-0.4, -0.2) is 5.78 Å². The minimum Gasteiger partial charge on any atom is -0.300 e. The summed E-state index contributed by atoms with van der Waals surface area (Å²) in [6.45, 7) is 9.05. The number of hydrogen-bond donors (Lipinski definition) is 0. The molecule has 0 aromatic heterocycles. The fourth-order valence-corrected chi connectivity index (χ4v) is 1.80. The van der Waals surface area contributed by atoms with Crippen molar-refractivity contribution in [3.05, 3.63) is 0 Å². The van der Waals surface area contributed by atoms with E-state index in [0.29, 0.717) is 11.2 Å². The van der Waals surface area contributed by atoms with Gasteiger partial charge < -0.3 is 0 Å². The lowest BCUT2D eigenvalue weighted by atomic mass is 9.84. The molecular formula is C15H30O. The molecule has 0 bridgehead atoms. The Morgan fingerprint density at radius 3 is 2.00 bits per heavy atom. The summed E-state index contributed by atoms with van der Waals surface area (Å²) in [5, 5.41) is 0. The molecule has 0 radical (unpaired) electrons. The van der Waals surface area contributed by atoms with Crippen LogP contribution in [0.4, 0.5) is 0 Å². The average molecular weight is 226 g/mol. The predicted octanol–water partition coefficient (Wildman–Crippen LogP) is 5.13. The smallest absolute Gasteiger partial charge is 0.132 e. The van der Waals surface area contributed by atoms with Crippen LogP contribution in [0.2, 0.25) is 0 Å². The lowest BCUT2D eigenvalue weighted by molar-refractivity contribution is -0.119. The summed E-state index contributed by atoms with van der Waals surface area (Å²) < 4.78 is 0. The fraction of sp³-hybridized carbons (Fsp3) is 0.933. The van der Waals surface area contributed by atoms with Crippen LogP contribution in [0, 0.1) is 5.41 Å². The van der Waals surface area contributed by atoms with Crippen LogP contribution in [-0.2, 0) is 4.79 Å². The zero-order chi connectivity index (χ0) is 12.4. The second-order valence-corrected chi connectivity index (χ2v) is 5.72. The highest BCUT2D eigenvalue weighted by Crippen LogP contribution is 2.27. The minimum absolute atomic E-state index is 0.464. The Morgan fingerprint density at radius 1 is 0.938 bits per heavy atom. The largest absolute Gasteiger partial charge is 0.300 e. The maximum absolute atomic E-state index is 11.5. The molecule has 0 unspecified atom stereocenters. The van der Waals surface area contributed by atoms with Crippen molar-refractivity contribution in [1.29, 1.82) is 0 Å². The van der Waals surface area contributed by atoms with E-state index in [1.165, 1.54) is 32.1 Å². The third kappa shape index (κ3) is 8.94. The van der Waals surface area contributed by atoms with Crippen molar-refractivity contribution >= 4 is 5.78 Å². The number of carbonyl (C=O) groups is 1. The van der Waals surface area contributed by atoms with Gasteiger partial charge in [0, 0.05) is 12.8 Å². The summed E-state index contributed by atoms with van der Waals surface area (Å²) in [5.74, 6) is 0.475. The molecule has 0 rings (SSSR count). The second-order valence-electron chi connectivity index (χ2n) is 5.72. The molecule has 0 saturated carbocycles. The van der Waals surface area contributed by atoms with Gasteiger partial charge >= 0.3 is 0 Å². The molecule has 0 aliphatic rings. The van der Waals surface area contributed by atoms with E-state index in [9.17, 15) is 4.79 Å². The summed E-state index contributed by atoms with van der Waals surface area (Å²) in [7, 11) is 0. The van der Waals surface area contributed by atoms with Crippen molar-refractivity contribution in [2.45, 2.75) is 85.5 Å². The van der Waals surface area contributed by atoms with Crippen LogP contribution in [0.25, 0.3) is 0 Å². The van der Waals surface area contributed by atoms with Gasteiger partial charge in [0.15, 0.2) is 0 Å². The molecule has 0 aromatic carbocycles. The lowest BCUT2D eigenvalue weighted by Gasteiger charge is -2.21. The molecule has 96 valence electrons. The van der Waals surface area contributed by atoms with Crippen LogP contribution < -0.4 is 0 Å².